The van der Waals surface area contributed by atoms with Gasteiger partial charge in [-0.1, -0.05) is 6.92 Å². The lowest BCUT2D eigenvalue weighted by Crippen LogP contribution is -2.41. The minimum Gasteiger partial charge on any atom is -0.348 e. The third-order valence-electron chi connectivity index (χ3n) is 3.27. The average molecular weight is 303 g/mol. The molecule has 19 heavy (non-hydrogen) atoms. The normalized spacial score (nSPS) is 20.7. The molecule has 1 atom stereocenters. The Hall–Kier alpha value is -0.660. The van der Waals surface area contributed by atoms with Gasteiger partial charge in [0, 0.05) is 31.2 Å². The zero-order valence-electron chi connectivity index (χ0n) is 11.2. The number of anilines is 1. The maximum absolute atomic E-state index is 11.6. The molecule has 0 aromatic carbocycles. The van der Waals surface area contributed by atoms with Gasteiger partial charge < -0.3 is 4.90 Å². The van der Waals surface area contributed by atoms with Crippen molar-refractivity contribution in [2.45, 2.75) is 26.2 Å². The van der Waals surface area contributed by atoms with Gasteiger partial charge in [-0.2, -0.15) is 0 Å². The average Bonchev–Trinajstić information content (AvgIpc) is 2.91. The van der Waals surface area contributed by atoms with Crippen LogP contribution in [-0.4, -0.2) is 38.8 Å². The first-order valence-corrected chi connectivity index (χ1v) is 9.25. The number of piperidine rings is 1. The largest absolute Gasteiger partial charge is 0.348 e. The van der Waals surface area contributed by atoms with Gasteiger partial charge in [0.1, 0.15) is 0 Å². The molecule has 2 heterocycles. The highest BCUT2D eigenvalue weighted by Crippen LogP contribution is 2.24. The Bertz CT molecular complexity index is 473. The highest BCUT2D eigenvalue weighted by atomic mass is 32.2. The lowest BCUT2D eigenvalue weighted by Gasteiger charge is -2.32. The molecule has 1 aromatic heterocycles. The van der Waals surface area contributed by atoms with Crippen LogP contribution in [0.25, 0.3) is 0 Å². The first kappa shape index (κ1) is 14.7. The SMILES string of the molecule is CCCS(=O)(=O)NCC1CCCN(c2nccs2)C1. The van der Waals surface area contributed by atoms with Crippen LogP contribution in [0.3, 0.4) is 0 Å². The second-order valence-electron chi connectivity index (χ2n) is 4.94. The summed E-state index contributed by atoms with van der Waals surface area (Å²) in [6.07, 6.45) is 4.65. The summed E-state index contributed by atoms with van der Waals surface area (Å²) in [4.78, 5) is 6.58. The molecule has 0 radical (unpaired) electrons. The van der Waals surface area contributed by atoms with Crippen molar-refractivity contribution >= 4 is 26.5 Å². The number of rotatable bonds is 6. The fourth-order valence-electron chi connectivity index (χ4n) is 2.36. The summed E-state index contributed by atoms with van der Waals surface area (Å²) in [7, 11) is -3.08. The van der Waals surface area contributed by atoms with Crippen LogP contribution in [0.5, 0.6) is 0 Å². The predicted molar refractivity (Wildman–Crippen MR) is 79.1 cm³/mol. The van der Waals surface area contributed by atoms with Crippen molar-refractivity contribution in [1.29, 1.82) is 0 Å². The number of hydrogen-bond donors (Lipinski definition) is 1. The maximum Gasteiger partial charge on any atom is 0.211 e. The maximum atomic E-state index is 11.6. The van der Waals surface area contributed by atoms with Crippen molar-refractivity contribution in [3.05, 3.63) is 11.6 Å². The minimum atomic E-state index is -3.08. The van der Waals surface area contributed by atoms with Crippen LogP contribution in [0, 0.1) is 5.92 Å². The van der Waals surface area contributed by atoms with E-state index in [-0.39, 0.29) is 5.75 Å². The van der Waals surface area contributed by atoms with E-state index in [2.05, 4.69) is 14.6 Å². The van der Waals surface area contributed by atoms with Gasteiger partial charge in [-0.25, -0.2) is 18.1 Å². The number of nitrogens with zero attached hydrogens (tertiary/aromatic N) is 2. The molecule has 0 amide bonds. The number of hydrogen-bond acceptors (Lipinski definition) is 5. The Balaban J connectivity index is 1.85. The molecule has 1 saturated heterocycles. The number of sulfonamides is 1. The molecule has 0 spiro atoms. The van der Waals surface area contributed by atoms with Crippen LogP contribution in [0.4, 0.5) is 5.13 Å². The summed E-state index contributed by atoms with van der Waals surface area (Å²) in [6, 6.07) is 0. The first-order valence-electron chi connectivity index (χ1n) is 6.72. The van der Waals surface area contributed by atoms with Gasteiger partial charge in [0.05, 0.1) is 5.75 Å². The van der Waals surface area contributed by atoms with Crippen LogP contribution in [-0.2, 0) is 10.0 Å². The molecule has 1 N–H and O–H groups in total. The second-order valence-corrected chi connectivity index (χ2v) is 7.74. The summed E-state index contributed by atoms with van der Waals surface area (Å²) in [5, 5.41) is 3.02. The first-order chi connectivity index (χ1) is 9.11. The Morgan fingerprint density at radius 1 is 1.58 bits per heavy atom. The second kappa shape index (κ2) is 6.67. The van der Waals surface area contributed by atoms with Crippen molar-refractivity contribution in [3.8, 4) is 0 Å². The molecular formula is C12H21N3O2S2. The van der Waals surface area contributed by atoms with Gasteiger partial charge in [0.2, 0.25) is 10.0 Å². The molecule has 1 unspecified atom stereocenters. The van der Waals surface area contributed by atoms with Gasteiger partial charge in [0.15, 0.2) is 5.13 Å². The number of nitrogens with one attached hydrogen (secondary N) is 1. The zero-order chi connectivity index (χ0) is 13.7. The minimum absolute atomic E-state index is 0.218. The van der Waals surface area contributed by atoms with Crippen molar-refractivity contribution in [1.82, 2.24) is 9.71 Å². The van der Waals surface area contributed by atoms with E-state index in [1.165, 1.54) is 0 Å². The number of aromatic nitrogens is 1. The summed E-state index contributed by atoms with van der Waals surface area (Å²) in [6.45, 7) is 4.34. The van der Waals surface area contributed by atoms with E-state index in [0.29, 0.717) is 18.9 Å². The Labute approximate surface area is 119 Å². The molecule has 1 aliphatic heterocycles. The van der Waals surface area contributed by atoms with Crippen LogP contribution in [0.1, 0.15) is 26.2 Å². The van der Waals surface area contributed by atoms with E-state index >= 15 is 0 Å². The van der Waals surface area contributed by atoms with Crippen molar-refractivity contribution in [2.24, 2.45) is 5.92 Å². The summed E-state index contributed by atoms with van der Waals surface area (Å²) in [5.41, 5.74) is 0. The molecular weight excluding hydrogens is 282 g/mol. The summed E-state index contributed by atoms with van der Waals surface area (Å²) in [5.74, 6) is 0.597. The topological polar surface area (TPSA) is 62.3 Å². The van der Waals surface area contributed by atoms with Crippen molar-refractivity contribution in [2.75, 3.05) is 30.3 Å². The lowest BCUT2D eigenvalue weighted by molar-refractivity contribution is 0.410. The van der Waals surface area contributed by atoms with Crippen LogP contribution < -0.4 is 9.62 Å². The standard InChI is InChI=1S/C12H21N3O2S2/c1-2-8-19(16,17)14-9-11-4-3-6-15(10-11)12-13-5-7-18-12/h5,7,11,14H,2-4,6,8-10H2,1H3. The van der Waals surface area contributed by atoms with Crippen molar-refractivity contribution < 1.29 is 8.42 Å². The monoisotopic (exact) mass is 303 g/mol. The smallest absolute Gasteiger partial charge is 0.211 e. The molecule has 1 aromatic rings. The molecule has 2 rings (SSSR count). The highest BCUT2D eigenvalue weighted by Gasteiger charge is 2.22. The number of thiazole rings is 1. The Morgan fingerprint density at radius 3 is 3.11 bits per heavy atom. The zero-order valence-corrected chi connectivity index (χ0v) is 12.8. The highest BCUT2D eigenvalue weighted by molar-refractivity contribution is 7.89. The van der Waals surface area contributed by atoms with E-state index in [0.717, 1.165) is 31.1 Å². The van der Waals surface area contributed by atoms with Crippen LogP contribution >= 0.6 is 11.3 Å². The molecule has 0 bridgehead atoms. The quantitative estimate of drug-likeness (QED) is 0.868. The van der Waals surface area contributed by atoms with Crippen LogP contribution in [0.2, 0.25) is 0 Å². The molecule has 7 heteroatoms. The van der Waals surface area contributed by atoms with E-state index in [1.807, 2.05) is 18.5 Å². The molecule has 1 fully saturated rings. The van der Waals surface area contributed by atoms with E-state index in [4.69, 9.17) is 0 Å². The molecule has 1 aliphatic rings. The van der Waals surface area contributed by atoms with Gasteiger partial charge in [-0.3, -0.25) is 0 Å². The summed E-state index contributed by atoms with van der Waals surface area (Å²) < 4.78 is 26.0. The Morgan fingerprint density at radius 2 is 2.42 bits per heavy atom. The van der Waals surface area contributed by atoms with E-state index in [9.17, 15) is 8.42 Å². The predicted octanol–water partition coefficient (Wildman–Crippen LogP) is 1.69. The molecule has 0 saturated carbocycles. The van der Waals surface area contributed by atoms with E-state index < -0.39 is 10.0 Å². The fourth-order valence-corrected chi connectivity index (χ4v) is 4.21. The summed E-state index contributed by atoms with van der Waals surface area (Å²) >= 11 is 1.64. The lowest BCUT2D eigenvalue weighted by atomic mass is 9.99. The third kappa shape index (κ3) is 4.43. The van der Waals surface area contributed by atoms with Gasteiger partial charge in [-0.05, 0) is 25.2 Å². The van der Waals surface area contributed by atoms with Gasteiger partial charge >= 0.3 is 0 Å². The fraction of sp³-hybridized carbons (Fsp3) is 0.750. The molecule has 0 aliphatic carbocycles. The van der Waals surface area contributed by atoms with E-state index in [1.54, 1.807) is 11.3 Å². The Kier molecular flexibility index (Phi) is 5.18. The molecule has 5 nitrogen and oxygen atoms in total. The third-order valence-corrected chi connectivity index (χ3v) is 5.66. The molecule has 108 valence electrons. The van der Waals surface area contributed by atoms with Gasteiger partial charge in [-0.15, -0.1) is 11.3 Å². The van der Waals surface area contributed by atoms with Crippen molar-refractivity contribution in [3.63, 3.8) is 0 Å². The van der Waals surface area contributed by atoms with Gasteiger partial charge in [0.25, 0.3) is 0 Å². The van der Waals surface area contributed by atoms with Crippen LogP contribution in [0.15, 0.2) is 11.6 Å².